The van der Waals surface area contributed by atoms with E-state index in [1.165, 1.54) is 17.6 Å². The lowest BCUT2D eigenvalue weighted by Gasteiger charge is -2.38. The molecular weight excluding hydrogens is 451 g/mol. The van der Waals surface area contributed by atoms with Gasteiger partial charge in [0.1, 0.15) is 24.0 Å². The highest BCUT2D eigenvalue weighted by Crippen LogP contribution is 2.59. The third kappa shape index (κ3) is 4.15. The van der Waals surface area contributed by atoms with Gasteiger partial charge in [-0.05, 0) is 32.6 Å². The number of likely N-dealkylation sites (tertiary alicyclic amines) is 1. The SMILES string of the molecule is CN1C(=O)[C@]2(CC(C)(C)C)O[C@@H](n3cnc4c(N)ncnc43)C1C2OP(=O)(O)OC(C)(C)C. The fourth-order valence-electron chi connectivity index (χ4n) is 4.72. The minimum Gasteiger partial charge on any atom is -0.382 e. The third-order valence-corrected chi connectivity index (χ3v) is 6.88. The van der Waals surface area contributed by atoms with E-state index in [0.29, 0.717) is 11.2 Å². The molecule has 182 valence electrons. The average molecular weight is 482 g/mol. The van der Waals surface area contributed by atoms with Gasteiger partial charge in [-0.15, -0.1) is 0 Å². The van der Waals surface area contributed by atoms with Crippen LogP contribution >= 0.6 is 7.82 Å². The number of phosphoric acid groups is 1. The second-order valence-electron chi connectivity index (χ2n) is 10.8. The Morgan fingerprint density at radius 3 is 2.52 bits per heavy atom. The van der Waals surface area contributed by atoms with Gasteiger partial charge in [0.05, 0.1) is 11.9 Å². The highest BCUT2D eigenvalue weighted by molar-refractivity contribution is 7.47. The number of ether oxygens (including phenoxy) is 1. The molecule has 13 heteroatoms. The minimum atomic E-state index is -4.55. The second-order valence-corrected chi connectivity index (χ2v) is 12.2. The smallest absolute Gasteiger partial charge is 0.382 e. The maximum Gasteiger partial charge on any atom is 0.473 e. The van der Waals surface area contributed by atoms with Gasteiger partial charge in [-0.2, -0.15) is 0 Å². The molecule has 2 aliphatic heterocycles. The number of aromatic nitrogens is 4. The lowest BCUT2D eigenvalue weighted by molar-refractivity contribution is -0.179. The van der Waals surface area contributed by atoms with Crippen LogP contribution in [0.1, 0.15) is 54.2 Å². The van der Waals surface area contributed by atoms with Crippen LogP contribution in [0, 0.1) is 5.41 Å². The molecule has 2 fully saturated rings. The standard InChI is InChI=1S/C20H31N6O6P/c1-18(2,3)8-20-13(31-33(28,29)32-19(4,5)6)12(25(7)17(20)27)16(30-20)26-10-24-11-14(21)22-9-23-15(11)26/h9-10,12-13,16H,8H2,1-7H3,(H,28,29)(H2,21,22,23)/t12?,13?,16-,20-/m1/s1. The van der Waals surface area contributed by atoms with Crippen LogP contribution < -0.4 is 5.73 Å². The van der Waals surface area contributed by atoms with E-state index >= 15 is 0 Å². The van der Waals surface area contributed by atoms with Crippen molar-refractivity contribution in [3.05, 3.63) is 12.7 Å². The van der Waals surface area contributed by atoms with Crippen LogP contribution in [-0.4, -0.2) is 65.6 Å². The highest BCUT2D eigenvalue weighted by atomic mass is 31.2. The molecule has 3 N–H and O–H groups in total. The first kappa shape index (κ1) is 24.0. The van der Waals surface area contributed by atoms with Gasteiger partial charge in [0.2, 0.25) is 0 Å². The summed E-state index contributed by atoms with van der Waals surface area (Å²) in [5, 5.41) is 0. The number of nitrogen functional groups attached to an aromatic ring is 1. The van der Waals surface area contributed by atoms with Crippen LogP contribution in [0.25, 0.3) is 11.2 Å². The van der Waals surface area contributed by atoms with E-state index in [1.807, 2.05) is 20.8 Å². The lowest BCUT2D eigenvalue weighted by Crippen LogP contribution is -2.51. The van der Waals surface area contributed by atoms with Crippen molar-refractivity contribution < 1.29 is 28.0 Å². The van der Waals surface area contributed by atoms with Gasteiger partial charge in [0, 0.05) is 7.05 Å². The minimum absolute atomic E-state index is 0.210. The number of likely N-dealkylation sites (N-methyl/N-ethyl adjacent to an activating group) is 1. The number of morpholine rings is 1. The Kier molecular flexibility index (Phi) is 5.42. The predicted molar refractivity (Wildman–Crippen MR) is 119 cm³/mol. The summed E-state index contributed by atoms with van der Waals surface area (Å²) in [6.45, 7) is 10.8. The molecule has 2 bridgehead atoms. The largest absolute Gasteiger partial charge is 0.473 e. The fraction of sp³-hybridized carbons (Fsp3) is 0.700. The van der Waals surface area contributed by atoms with Crippen molar-refractivity contribution in [3.63, 3.8) is 0 Å². The molecule has 2 aromatic rings. The summed E-state index contributed by atoms with van der Waals surface area (Å²) in [5.74, 6) is -0.111. The van der Waals surface area contributed by atoms with Gasteiger partial charge in [0.25, 0.3) is 5.91 Å². The summed E-state index contributed by atoms with van der Waals surface area (Å²) in [6, 6.07) is -0.738. The molecular formula is C20H31N6O6P. The van der Waals surface area contributed by atoms with Gasteiger partial charge in [0.15, 0.2) is 23.3 Å². The number of carbonyl (C=O) groups is 1. The van der Waals surface area contributed by atoms with Crippen LogP contribution in [-0.2, 0) is 23.1 Å². The average Bonchev–Trinajstić information content (AvgIpc) is 3.22. The first-order valence-corrected chi connectivity index (χ1v) is 12.1. The van der Waals surface area contributed by atoms with Crippen LogP contribution in [0.2, 0.25) is 0 Å². The number of phosphoric ester groups is 1. The van der Waals surface area contributed by atoms with E-state index in [0.717, 1.165) is 0 Å². The molecule has 1 amide bonds. The maximum absolute atomic E-state index is 13.4. The van der Waals surface area contributed by atoms with E-state index < -0.39 is 37.4 Å². The van der Waals surface area contributed by atoms with Crippen LogP contribution in [0.5, 0.6) is 0 Å². The molecule has 2 aromatic heterocycles. The number of imidazole rings is 1. The number of nitrogens with two attached hydrogens (primary N) is 1. The molecule has 12 nitrogen and oxygen atoms in total. The zero-order valence-electron chi connectivity index (χ0n) is 19.8. The summed E-state index contributed by atoms with van der Waals surface area (Å²) >= 11 is 0. The number of amides is 1. The lowest BCUT2D eigenvalue weighted by atomic mass is 9.80. The normalized spacial score (nSPS) is 29.8. The van der Waals surface area contributed by atoms with Crippen molar-refractivity contribution in [2.75, 3.05) is 12.8 Å². The Labute approximate surface area is 192 Å². The molecule has 2 saturated heterocycles. The number of rotatable bonds is 5. The molecule has 0 saturated carbocycles. The Morgan fingerprint density at radius 1 is 1.24 bits per heavy atom. The molecule has 3 unspecified atom stereocenters. The Balaban J connectivity index is 1.81. The van der Waals surface area contributed by atoms with E-state index in [9.17, 15) is 14.3 Å². The van der Waals surface area contributed by atoms with Crippen LogP contribution in [0.3, 0.4) is 0 Å². The van der Waals surface area contributed by atoms with Crippen LogP contribution in [0.15, 0.2) is 12.7 Å². The maximum atomic E-state index is 13.4. The van der Waals surface area contributed by atoms with Gasteiger partial charge < -0.3 is 20.3 Å². The fourth-order valence-corrected chi connectivity index (χ4v) is 6.04. The van der Waals surface area contributed by atoms with Crippen molar-refractivity contribution in [3.8, 4) is 0 Å². The van der Waals surface area contributed by atoms with Gasteiger partial charge in [-0.1, -0.05) is 20.8 Å². The Hall–Kier alpha value is -2.11. The van der Waals surface area contributed by atoms with E-state index in [2.05, 4.69) is 15.0 Å². The van der Waals surface area contributed by atoms with Crippen molar-refractivity contribution in [1.82, 2.24) is 24.4 Å². The first-order valence-electron chi connectivity index (χ1n) is 10.6. The monoisotopic (exact) mass is 482 g/mol. The summed E-state index contributed by atoms with van der Waals surface area (Å²) in [5.41, 5.74) is 3.93. The summed E-state index contributed by atoms with van der Waals surface area (Å²) in [7, 11) is -2.92. The number of fused-ring (bicyclic) bond motifs is 3. The molecule has 5 atom stereocenters. The number of hydrogen-bond donors (Lipinski definition) is 2. The molecule has 2 aliphatic rings. The first-order chi connectivity index (χ1) is 15.0. The van der Waals surface area contributed by atoms with E-state index in [1.54, 1.807) is 32.4 Å². The second kappa shape index (κ2) is 7.44. The number of nitrogens with zero attached hydrogens (tertiary/aromatic N) is 5. The van der Waals surface area contributed by atoms with Crippen LogP contribution in [0.4, 0.5) is 5.82 Å². The van der Waals surface area contributed by atoms with Crippen molar-refractivity contribution in [2.45, 2.75) is 77.5 Å². The molecule has 33 heavy (non-hydrogen) atoms. The third-order valence-electron chi connectivity index (χ3n) is 5.61. The zero-order valence-corrected chi connectivity index (χ0v) is 20.7. The quantitative estimate of drug-likeness (QED) is 0.606. The van der Waals surface area contributed by atoms with Crippen molar-refractivity contribution in [2.24, 2.45) is 5.41 Å². The van der Waals surface area contributed by atoms with Gasteiger partial charge in [-0.3, -0.25) is 18.4 Å². The zero-order chi connectivity index (χ0) is 24.6. The van der Waals surface area contributed by atoms with Gasteiger partial charge >= 0.3 is 7.82 Å². The van der Waals surface area contributed by atoms with Crippen molar-refractivity contribution >= 4 is 30.7 Å². The van der Waals surface area contributed by atoms with Gasteiger partial charge in [-0.25, -0.2) is 19.5 Å². The van der Waals surface area contributed by atoms with E-state index in [-0.39, 0.29) is 23.6 Å². The Morgan fingerprint density at radius 2 is 1.91 bits per heavy atom. The summed E-state index contributed by atoms with van der Waals surface area (Å²) in [6.07, 6.45) is 1.21. The highest BCUT2D eigenvalue weighted by Gasteiger charge is 2.71. The number of anilines is 1. The topological polar surface area (TPSA) is 155 Å². The predicted octanol–water partition coefficient (Wildman–Crippen LogP) is 2.25. The summed E-state index contributed by atoms with van der Waals surface area (Å²) < 4.78 is 32.0. The van der Waals surface area contributed by atoms with Crippen molar-refractivity contribution in [1.29, 1.82) is 0 Å². The molecule has 0 aliphatic carbocycles. The summed E-state index contributed by atoms with van der Waals surface area (Å²) in [4.78, 5) is 38.0. The molecule has 4 rings (SSSR count). The Bertz CT molecular complexity index is 1140. The molecule has 0 aromatic carbocycles. The molecule has 0 radical (unpaired) electrons. The molecule has 0 spiro atoms. The van der Waals surface area contributed by atoms with E-state index in [4.69, 9.17) is 19.5 Å². The number of carbonyl (C=O) groups excluding carboxylic acids is 1. The number of hydrogen-bond acceptors (Lipinski definition) is 9. The molecule has 4 heterocycles.